The van der Waals surface area contributed by atoms with E-state index < -0.39 is 23.7 Å². The Bertz CT molecular complexity index is 699. The predicted molar refractivity (Wildman–Crippen MR) is 85.2 cm³/mol. The molecule has 0 aliphatic carbocycles. The Morgan fingerprint density at radius 2 is 1.61 bits per heavy atom. The van der Waals surface area contributed by atoms with Crippen LogP contribution in [0.15, 0.2) is 66.5 Å². The minimum absolute atomic E-state index is 0.0839. The van der Waals surface area contributed by atoms with Crippen LogP contribution in [-0.2, 0) is 16.0 Å². The third-order valence-electron chi connectivity index (χ3n) is 3.20. The Labute approximate surface area is 133 Å². The van der Waals surface area contributed by atoms with Gasteiger partial charge in [0.05, 0.1) is 0 Å². The summed E-state index contributed by atoms with van der Waals surface area (Å²) in [5.74, 6) is -3.29. The Morgan fingerprint density at radius 1 is 1.04 bits per heavy atom. The lowest BCUT2D eigenvalue weighted by Gasteiger charge is -2.14. The molecule has 0 saturated heterocycles. The van der Waals surface area contributed by atoms with Gasteiger partial charge in [0.1, 0.15) is 6.04 Å². The van der Waals surface area contributed by atoms with Gasteiger partial charge in [-0.2, -0.15) is 0 Å². The number of carboxylic acids is 1. The molecule has 0 fully saturated rings. The van der Waals surface area contributed by atoms with Crippen LogP contribution < -0.4 is 5.32 Å². The molecule has 23 heavy (non-hydrogen) atoms. The van der Waals surface area contributed by atoms with Gasteiger partial charge in [-0.05, 0) is 17.2 Å². The molecule has 0 aliphatic heterocycles. The molecule has 0 radical (unpaired) electrons. The summed E-state index contributed by atoms with van der Waals surface area (Å²) in [5, 5.41) is 11.4. The standard InChI is InChI=1S/C18H16FNO3/c19-15(11-13-7-3-1-4-8-13)17(21)20-16(18(22)23)12-14-9-5-2-6-10-14/h1-11,16H,12H2,(H,20,21)(H,22,23)/b15-11-/t16-/m0/s1. The highest BCUT2D eigenvalue weighted by molar-refractivity contribution is 5.97. The first-order valence-electron chi connectivity index (χ1n) is 7.06. The van der Waals surface area contributed by atoms with Crippen LogP contribution in [0, 0.1) is 0 Å². The maximum Gasteiger partial charge on any atom is 0.326 e. The largest absolute Gasteiger partial charge is 0.480 e. The van der Waals surface area contributed by atoms with Gasteiger partial charge in [-0.3, -0.25) is 4.79 Å². The van der Waals surface area contributed by atoms with E-state index in [4.69, 9.17) is 0 Å². The molecule has 0 aromatic heterocycles. The summed E-state index contributed by atoms with van der Waals surface area (Å²) < 4.78 is 13.9. The highest BCUT2D eigenvalue weighted by Gasteiger charge is 2.22. The molecular formula is C18H16FNO3. The molecule has 118 valence electrons. The van der Waals surface area contributed by atoms with Gasteiger partial charge < -0.3 is 10.4 Å². The van der Waals surface area contributed by atoms with Crippen LogP contribution in [0.25, 0.3) is 6.08 Å². The van der Waals surface area contributed by atoms with Crippen LogP contribution in [0.1, 0.15) is 11.1 Å². The quantitative estimate of drug-likeness (QED) is 0.806. The Morgan fingerprint density at radius 3 is 2.17 bits per heavy atom. The first kappa shape index (κ1) is 16.4. The number of carboxylic acid groups (broad SMARTS) is 1. The minimum atomic E-state index is -1.21. The zero-order chi connectivity index (χ0) is 16.7. The van der Waals surface area contributed by atoms with Crippen LogP contribution in [-0.4, -0.2) is 23.0 Å². The molecule has 2 aromatic carbocycles. The van der Waals surface area contributed by atoms with Crippen LogP contribution in [0.3, 0.4) is 0 Å². The number of amides is 1. The third-order valence-corrected chi connectivity index (χ3v) is 3.20. The van der Waals surface area contributed by atoms with Crippen molar-refractivity contribution >= 4 is 18.0 Å². The predicted octanol–water partition coefficient (Wildman–Crippen LogP) is 2.81. The van der Waals surface area contributed by atoms with E-state index in [-0.39, 0.29) is 6.42 Å². The second-order valence-corrected chi connectivity index (χ2v) is 4.96. The third kappa shape index (κ3) is 5.07. The summed E-state index contributed by atoms with van der Waals surface area (Å²) in [6.07, 6.45) is 1.15. The van der Waals surface area contributed by atoms with Gasteiger partial charge in [0, 0.05) is 6.42 Å². The highest BCUT2D eigenvalue weighted by atomic mass is 19.1. The molecular weight excluding hydrogens is 297 g/mol. The fourth-order valence-corrected chi connectivity index (χ4v) is 2.04. The molecule has 0 aliphatic rings. The van der Waals surface area contributed by atoms with E-state index >= 15 is 0 Å². The van der Waals surface area contributed by atoms with E-state index in [1.54, 1.807) is 60.7 Å². The number of nitrogens with one attached hydrogen (secondary N) is 1. The number of halogens is 1. The van der Waals surface area contributed by atoms with Crippen molar-refractivity contribution < 1.29 is 19.1 Å². The van der Waals surface area contributed by atoms with E-state index in [9.17, 15) is 19.1 Å². The molecule has 0 unspecified atom stereocenters. The number of hydrogen-bond acceptors (Lipinski definition) is 2. The summed E-state index contributed by atoms with van der Waals surface area (Å²) in [6, 6.07) is 16.1. The van der Waals surface area contributed by atoms with E-state index in [1.165, 1.54) is 0 Å². The maximum atomic E-state index is 13.9. The topological polar surface area (TPSA) is 66.4 Å². The fraction of sp³-hybridized carbons (Fsp3) is 0.111. The van der Waals surface area contributed by atoms with Crippen molar-refractivity contribution in [3.05, 3.63) is 77.6 Å². The van der Waals surface area contributed by atoms with Crippen molar-refractivity contribution in [2.75, 3.05) is 0 Å². The molecule has 2 rings (SSSR count). The lowest BCUT2D eigenvalue weighted by atomic mass is 10.1. The Hall–Kier alpha value is -2.95. The second-order valence-electron chi connectivity index (χ2n) is 4.96. The van der Waals surface area contributed by atoms with Gasteiger partial charge in [-0.1, -0.05) is 60.7 Å². The van der Waals surface area contributed by atoms with Crippen molar-refractivity contribution in [2.45, 2.75) is 12.5 Å². The van der Waals surface area contributed by atoms with Gasteiger partial charge >= 0.3 is 5.97 Å². The lowest BCUT2D eigenvalue weighted by Crippen LogP contribution is -2.42. The maximum absolute atomic E-state index is 13.9. The van der Waals surface area contributed by atoms with Gasteiger partial charge in [0.2, 0.25) is 0 Å². The van der Waals surface area contributed by atoms with E-state index in [0.717, 1.165) is 11.6 Å². The zero-order valence-corrected chi connectivity index (χ0v) is 12.3. The minimum Gasteiger partial charge on any atom is -0.480 e. The number of aliphatic carboxylic acids is 1. The summed E-state index contributed by atoms with van der Waals surface area (Å²) >= 11 is 0. The van der Waals surface area contributed by atoms with Gasteiger partial charge in [-0.15, -0.1) is 0 Å². The molecule has 0 spiro atoms. The molecule has 0 saturated carbocycles. The van der Waals surface area contributed by atoms with Crippen molar-refractivity contribution in [1.82, 2.24) is 5.32 Å². The zero-order valence-electron chi connectivity index (χ0n) is 12.3. The van der Waals surface area contributed by atoms with Crippen LogP contribution in [0.5, 0.6) is 0 Å². The Balaban J connectivity index is 2.06. The van der Waals surface area contributed by atoms with Crippen molar-refractivity contribution in [1.29, 1.82) is 0 Å². The molecule has 4 nitrogen and oxygen atoms in total. The first-order valence-corrected chi connectivity index (χ1v) is 7.06. The van der Waals surface area contributed by atoms with Crippen molar-refractivity contribution in [3.8, 4) is 0 Å². The average molecular weight is 313 g/mol. The number of hydrogen-bond donors (Lipinski definition) is 2. The fourth-order valence-electron chi connectivity index (χ4n) is 2.04. The second kappa shape index (κ2) is 7.89. The average Bonchev–Trinajstić information content (AvgIpc) is 2.56. The van der Waals surface area contributed by atoms with Crippen LogP contribution >= 0.6 is 0 Å². The molecule has 0 bridgehead atoms. The van der Waals surface area contributed by atoms with Crippen molar-refractivity contribution in [3.63, 3.8) is 0 Å². The Kier molecular flexibility index (Phi) is 5.63. The molecule has 2 aromatic rings. The molecule has 5 heteroatoms. The van der Waals surface area contributed by atoms with Crippen LogP contribution in [0.2, 0.25) is 0 Å². The molecule has 0 heterocycles. The van der Waals surface area contributed by atoms with E-state index in [2.05, 4.69) is 5.32 Å². The molecule has 1 atom stereocenters. The molecule has 1 amide bonds. The van der Waals surface area contributed by atoms with Gasteiger partial charge in [0.15, 0.2) is 5.83 Å². The molecule has 2 N–H and O–H groups in total. The van der Waals surface area contributed by atoms with Crippen molar-refractivity contribution in [2.24, 2.45) is 0 Å². The summed E-state index contributed by atoms with van der Waals surface area (Å²) in [7, 11) is 0. The smallest absolute Gasteiger partial charge is 0.326 e. The summed E-state index contributed by atoms with van der Waals surface area (Å²) in [5.41, 5.74) is 1.27. The SMILES string of the molecule is O=C(N[C@@H](Cc1ccccc1)C(=O)O)/C(F)=C/c1ccccc1. The van der Waals surface area contributed by atoms with Gasteiger partial charge in [-0.25, -0.2) is 9.18 Å². The summed E-state index contributed by atoms with van der Waals surface area (Å²) in [4.78, 5) is 23.1. The number of carbonyl (C=O) groups excluding carboxylic acids is 1. The number of benzene rings is 2. The van der Waals surface area contributed by atoms with Crippen LogP contribution in [0.4, 0.5) is 4.39 Å². The first-order chi connectivity index (χ1) is 11.1. The van der Waals surface area contributed by atoms with Gasteiger partial charge in [0.25, 0.3) is 5.91 Å². The number of rotatable bonds is 6. The van der Waals surface area contributed by atoms with E-state index in [1.807, 2.05) is 0 Å². The highest BCUT2D eigenvalue weighted by Crippen LogP contribution is 2.09. The normalized spacial score (nSPS) is 12.5. The lowest BCUT2D eigenvalue weighted by molar-refractivity contribution is -0.141. The number of carbonyl (C=O) groups is 2. The monoisotopic (exact) mass is 313 g/mol. The van der Waals surface area contributed by atoms with E-state index in [0.29, 0.717) is 5.56 Å². The summed E-state index contributed by atoms with van der Waals surface area (Å²) in [6.45, 7) is 0.